The zero-order valence-corrected chi connectivity index (χ0v) is 13.6. The van der Waals surface area contributed by atoms with Crippen molar-refractivity contribution in [1.29, 1.82) is 0 Å². The Labute approximate surface area is 128 Å². The van der Waals surface area contributed by atoms with E-state index in [4.69, 9.17) is 0 Å². The molecule has 2 nitrogen and oxygen atoms in total. The molecule has 0 fully saturated rings. The molecule has 2 rings (SSSR count). The summed E-state index contributed by atoms with van der Waals surface area (Å²) in [4.78, 5) is 4.47. The number of aryl methyl sites for hydroxylation is 2. The summed E-state index contributed by atoms with van der Waals surface area (Å²) in [5.74, 6) is 0.544. The van der Waals surface area contributed by atoms with Gasteiger partial charge in [0, 0.05) is 18.8 Å². The number of nitrogens with zero attached hydrogens (tertiary/aromatic N) is 1. The molecule has 21 heavy (non-hydrogen) atoms. The molecule has 1 unspecified atom stereocenters. The van der Waals surface area contributed by atoms with Crippen LogP contribution in [0.3, 0.4) is 0 Å². The summed E-state index contributed by atoms with van der Waals surface area (Å²) < 4.78 is 0. The lowest BCUT2D eigenvalue weighted by molar-refractivity contribution is 0.408. The van der Waals surface area contributed by atoms with E-state index in [0.29, 0.717) is 12.0 Å². The van der Waals surface area contributed by atoms with E-state index in [9.17, 15) is 0 Å². The molecule has 1 N–H and O–H groups in total. The highest BCUT2D eigenvalue weighted by atomic mass is 14.9. The first-order valence-corrected chi connectivity index (χ1v) is 7.84. The Hall–Kier alpha value is -1.67. The Balaban J connectivity index is 2.06. The van der Waals surface area contributed by atoms with Crippen molar-refractivity contribution in [2.45, 2.75) is 46.7 Å². The number of nitrogens with one attached hydrogen (secondary N) is 1. The summed E-state index contributed by atoms with van der Waals surface area (Å²) in [6, 6.07) is 13.5. The zero-order valence-electron chi connectivity index (χ0n) is 13.6. The summed E-state index contributed by atoms with van der Waals surface area (Å²) in [5.41, 5.74) is 5.04. The molecule has 0 amide bonds. The third-order valence-electron chi connectivity index (χ3n) is 3.89. The molecule has 0 radical (unpaired) electrons. The maximum atomic E-state index is 4.47. The molecule has 2 heteroatoms. The quantitative estimate of drug-likeness (QED) is 0.847. The van der Waals surface area contributed by atoms with Crippen LogP contribution in [0.5, 0.6) is 0 Å². The van der Waals surface area contributed by atoms with Crippen LogP contribution in [-0.4, -0.2) is 4.98 Å². The van der Waals surface area contributed by atoms with Gasteiger partial charge in [-0.1, -0.05) is 51.1 Å². The van der Waals surface area contributed by atoms with E-state index in [1.165, 1.54) is 16.7 Å². The van der Waals surface area contributed by atoms with Crippen molar-refractivity contribution in [2.24, 2.45) is 5.92 Å². The highest BCUT2D eigenvalue weighted by Gasteiger charge is 2.15. The minimum Gasteiger partial charge on any atom is -0.304 e. The molecule has 1 aromatic heterocycles. The summed E-state index contributed by atoms with van der Waals surface area (Å²) in [5, 5.41) is 3.65. The van der Waals surface area contributed by atoms with E-state index in [0.717, 1.165) is 18.7 Å². The topological polar surface area (TPSA) is 24.9 Å². The van der Waals surface area contributed by atoms with Crippen LogP contribution in [-0.2, 0) is 13.0 Å². The molecule has 0 spiro atoms. The predicted octanol–water partition coefficient (Wildman–Crippen LogP) is 4.44. The molecular formula is C19H26N2. The second-order valence-corrected chi connectivity index (χ2v) is 6.02. The maximum Gasteiger partial charge on any atom is 0.0542 e. The molecule has 1 aromatic carbocycles. The fourth-order valence-electron chi connectivity index (χ4n) is 2.52. The van der Waals surface area contributed by atoms with Gasteiger partial charge in [-0.15, -0.1) is 0 Å². The Morgan fingerprint density at radius 1 is 1.05 bits per heavy atom. The molecular weight excluding hydrogens is 256 g/mol. The average molecular weight is 282 g/mol. The van der Waals surface area contributed by atoms with Crippen molar-refractivity contribution in [3.63, 3.8) is 0 Å². The van der Waals surface area contributed by atoms with E-state index >= 15 is 0 Å². The molecule has 0 aliphatic carbocycles. The monoisotopic (exact) mass is 282 g/mol. The first-order valence-electron chi connectivity index (χ1n) is 7.84. The average Bonchev–Trinajstić information content (AvgIpc) is 2.49. The minimum atomic E-state index is 0.360. The summed E-state index contributed by atoms with van der Waals surface area (Å²) in [6.45, 7) is 9.58. The molecule has 1 atom stereocenters. The summed E-state index contributed by atoms with van der Waals surface area (Å²) >= 11 is 0. The van der Waals surface area contributed by atoms with E-state index < -0.39 is 0 Å². The van der Waals surface area contributed by atoms with Gasteiger partial charge in [0.15, 0.2) is 0 Å². The second kappa shape index (κ2) is 7.37. The highest BCUT2D eigenvalue weighted by Crippen LogP contribution is 2.22. The lowest BCUT2D eigenvalue weighted by atomic mass is 9.95. The number of hydrogen-bond acceptors (Lipinski definition) is 2. The van der Waals surface area contributed by atoms with Crippen molar-refractivity contribution < 1.29 is 0 Å². The van der Waals surface area contributed by atoms with Gasteiger partial charge in [0.1, 0.15) is 0 Å². The van der Waals surface area contributed by atoms with E-state index in [1.807, 2.05) is 6.20 Å². The fourth-order valence-corrected chi connectivity index (χ4v) is 2.52. The Morgan fingerprint density at radius 3 is 2.29 bits per heavy atom. The number of pyridine rings is 1. The van der Waals surface area contributed by atoms with Gasteiger partial charge in [-0.3, -0.25) is 4.98 Å². The maximum absolute atomic E-state index is 4.47. The Bertz CT molecular complexity index is 541. The van der Waals surface area contributed by atoms with Gasteiger partial charge >= 0.3 is 0 Å². The van der Waals surface area contributed by atoms with Gasteiger partial charge in [0.05, 0.1) is 5.69 Å². The number of rotatable bonds is 6. The van der Waals surface area contributed by atoms with Crippen LogP contribution >= 0.6 is 0 Å². The zero-order chi connectivity index (χ0) is 15.2. The van der Waals surface area contributed by atoms with Crippen LogP contribution < -0.4 is 5.32 Å². The van der Waals surface area contributed by atoms with Crippen molar-refractivity contribution in [3.05, 3.63) is 65.0 Å². The van der Waals surface area contributed by atoms with Gasteiger partial charge in [0.25, 0.3) is 0 Å². The van der Waals surface area contributed by atoms with Crippen molar-refractivity contribution in [3.8, 4) is 0 Å². The molecule has 0 saturated carbocycles. The molecule has 0 aliphatic rings. The minimum absolute atomic E-state index is 0.360. The van der Waals surface area contributed by atoms with Gasteiger partial charge in [-0.2, -0.15) is 0 Å². The molecule has 0 aliphatic heterocycles. The van der Waals surface area contributed by atoms with Crippen molar-refractivity contribution in [1.82, 2.24) is 10.3 Å². The normalized spacial score (nSPS) is 12.6. The van der Waals surface area contributed by atoms with Gasteiger partial charge in [-0.05, 0) is 42.0 Å². The summed E-state index contributed by atoms with van der Waals surface area (Å²) in [7, 11) is 0. The second-order valence-electron chi connectivity index (χ2n) is 6.02. The number of benzene rings is 1. The molecule has 112 valence electrons. The number of aromatic nitrogens is 1. The third kappa shape index (κ3) is 4.40. The van der Waals surface area contributed by atoms with E-state index in [1.54, 1.807) is 0 Å². The fraction of sp³-hybridized carbons (Fsp3) is 0.421. The first-order chi connectivity index (χ1) is 10.1. The van der Waals surface area contributed by atoms with Crippen molar-refractivity contribution >= 4 is 0 Å². The SMILES string of the molecule is CCc1ccc(C(NCc2ccc(C)cn2)C(C)C)cc1. The molecule has 1 heterocycles. The van der Waals surface area contributed by atoms with Gasteiger partial charge in [-0.25, -0.2) is 0 Å². The van der Waals surface area contributed by atoms with Crippen LogP contribution in [0.1, 0.15) is 49.2 Å². The smallest absolute Gasteiger partial charge is 0.0542 e. The predicted molar refractivity (Wildman–Crippen MR) is 89.2 cm³/mol. The van der Waals surface area contributed by atoms with Crippen LogP contribution in [0, 0.1) is 12.8 Å². The first kappa shape index (κ1) is 15.7. The van der Waals surface area contributed by atoms with Crippen LogP contribution in [0.15, 0.2) is 42.6 Å². The lowest BCUT2D eigenvalue weighted by Crippen LogP contribution is -2.25. The lowest BCUT2D eigenvalue weighted by Gasteiger charge is -2.23. The Kier molecular flexibility index (Phi) is 5.51. The third-order valence-corrected chi connectivity index (χ3v) is 3.89. The molecule has 2 aromatic rings. The summed E-state index contributed by atoms with van der Waals surface area (Å²) in [6.07, 6.45) is 3.02. The van der Waals surface area contributed by atoms with Crippen LogP contribution in [0.4, 0.5) is 0 Å². The Morgan fingerprint density at radius 2 is 1.76 bits per heavy atom. The van der Waals surface area contributed by atoms with E-state index in [2.05, 4.69) is 74.4 Å². The van der Waals surface area contributed by atoms with E-state index in [-0.39, 0.29) is 0 Å². The van der Waals surface area contributed by atoms with Crippen molar-refractivity contribution in [2.75, 3.05) is 0 Å². The van der Waals surface area contributed by atoms with Crippen LogP contribution in [0.2, 0.25) is 0 Å². The number of hydrogen-bond donors (Lipinski definition) is 1. The highest BCUT2D eigenvalue weighted by molar-refractivity contribution is 5.25. The molecule has 0 bridgehead atoms. The standard InChI is InChI=1S/C19H26N2/c1-5-16-7-9-17(10-8-16)19(14(2)3)21-13-18-11-6-15(4)12-20-18/h6-12,14,19,21H,5,13H2,1-4H3. The molecule has 0 saturated heterocycles. The van der Waals surface area contributed by atoms with Gasteiger partial charge in [0.2, 0.25) is 0 Å². The van der Waals surface area contributed by atoms with Gasteiger partial charge < -0.3 is 5.32 Å². The van der Waals surface area contributed by atoms with Crippen LogP contribution in [0.25, 0.3) is 0 Å². The largest absolute Gasteiger partial charge is 0.304 e.